The van der Waals surface area contributed by atoms with Gasteiger partial charge in [-0.2, -0.15) is 0 Å². The van der Waals surface area contributed by atoms with Crippen molar-refractivity contribution in [2.45, 2.75) is 6.92 Å². The van der Waals surface area contributed by atoms with Gasteiger partial charge in [-0.1, -0.05) is 12.1 Å². The highest BCUT2D eigenvalue weighted by Crippen LogP contribution is 2.31. The van der Waals surface area contributed by atoms with E-state index < -0.39 is 5.91 Å². The Labute approximate surface area is 278 Å². The Balaban J connectivity index is 1.43. The summed E-state index contributed by atoms with van der Waals surface area (Å²) < 4.78 is 6.84. The lowest BCUT2D eigenvalue weighted by molar-refractivity contribution is -0.113. The monoisotopic (exact) mass is 656 g/mol. The number of pyridine rings is 1. The van der Waals surface area contributed by atoms with E-state index in [2.05, 4.69) is 16.0 Å². The molecule has 244 valence electrons. The normalized spacial score (nSPS) is 12.7. The van der Waals surface area contributed by atoms with Crippen LogP contribution in [0.25, 0.3) is 11.1 Å². The summed E-state index contributed by atoms with van der Waals surface area (Å²) in [6.07, 6.45) is 1.73. The van der Waals surface area contributed by atoms with Gasteiger partial charge in [0.05, 0.1) is 24.5 Å². The molecule has 0 bridgehead atoms. The van der Waals surface area contributed by atoms with E-state index in [0.717, 1.165) is 22.4 Å². The number of benzene rings is 3. The minimum absolute atomic E-state index is 0.231. The van der Waals surface area contributed by atoms with Gasteiger partial charge in [0.1, 0.15) is 11.6 Å². The van der Waals surface area contributed by atoms with Crippen molar-refractivity contribution in [1.29, 1.82) is 0 Å². The van der Waals surface area contributed by atoms with Crippen LogP contribution >= 0.6 is 11.6 Å². The summed E-state index contributed by atoms with van der Waals surface area (Å²) in [5.74, 6) is -1.22. The van der Waals surface area contributed by atoms with E-state index in [9.17, 15) is 19.2 Å². The SMILES string of the molecule is Cc1c(NC(=O)c2ccc(N(C)C)cc2)cccc1-c1cc(Nc2ccc(C(=O)N3CCOCC3)c(NC(=O)CCl)c2)c(=O)n(C)c1. The first kappa shape index (κ1) is 33.2. The molecule has 0 aliphatic carbocycles. The molecule has 3 amide bonds. The van der Waals surface area contributed by atoms with Gasteiger partial charge in [-0.25, -0.2) is 0 Å². The zero-order valence-electron chi connectivity index (χ0n) is 26.7. The molecule has 4 aromatic rings. The molecule has 3 N–H and O–H groups in total. The number of morpholine rings is 1. The van der Waals surface area contributed by atoms with Gasteiger partial charge in [-0.3, -0.25) is 19.2 Å². The number of halogens is 1. The standard InChI is InChI=1S/C35H37ClN6O5/c1-22-27(6-5-7-29(22)39-33(44)23-8-11-26(12-9-23)40(2)3)24-18-31(35(46)41(4)21-24)37-25-10-13-28(30(19-25)38-32(43)20-36)34(45)42-14-16-47-17-15-42/h5-13,18-19,21,37H,14-17,20H2,1-4H3,(H,38,43)(H,39,44). The zero-order valence-corrected chi connectivity index (χ0v) is 27.5. The third-order valence-electron chi connectivity index (χ3n) is 7.94. The Kier molecular flexibility index (Phi) is 10.3. The molecule has 0 spiro atoms. The second-order valence-corrected chi connectivity index (χ2v) is 11.7. The van der Waals surface area contributed by atoms with E-state index in [1.54, 1.807) is 54.5 Å². The Morgan fingerprint density at radius 2 is 1.64 bits per heavy atom. The van der Waals surface area contributed by atoms with Gasteiger partial charge in [0.25, 0.3) is 17.4 Å². The summed E-state index contributed by atoms with van der Waals surface area (Å²) in [4.78, 5) is 55.5. The average Bonchev–Trinajstić information content (AvgIpc) is 3.07. The summed E-state index contributed by atoms with van der Waals surface area (Å²) in [6, 6.07) is 19.6. The van der Waals surface area contributed by atoms with Crippen molar-refractivity contribution in [3.05, 3.63) is 100.0 Å². The fourth-order valence-corrected chi connectivity index (χ4v) is 5.39. The number of amides is 3. The number of ether oxygens (including phenoxy) is 1. The Morgan fingerprint density at radius 1 is 0.915 bits per heavy atom. The van der Waals surface area contributed by atoms with Gasteiger partial charge in [-0.05, 0) is 72.6 Å². The number of anilines is 5. The van der Waals surface area contributed by atoms with Gasteiger partial charge in [0, 0.05) is 68.6 Å². The second kappa shape index (κ2) is 14.5. The first-order valence-corrected chi connectivity index (χ1v) is 15.6. The number of carbonyl (C=O) groups excluding carboxylic acids is 3. The number of aromatic nitrogens is 1. The molecule has 5 rings (SSSR count). The van der Waals surface area contributed by atoms with Crippen LogP contribution in [0.4, 0.5) is 28.4 Å². The molecule has 0 saturated carbocycles. The van der Waals surface area contributed by atoms with E-state index in [-0.39, 0.29) is 34.6 Å². The van der Waals surface area contributed by atoms with Gasteiger partial charge < -0.3 is 35.1 Å². The van der Waals surface area contributed by atoms with Crippen molar-refractivity contribution in [2.24, 2.45) is 7.05 Å². The average molecular weight is 657 g/mol. The predicted octanol–water partition coefficient (Wildman–Crippen LogP) is 5.07. The lowest BCUT2D eigenvalue weighted by Crippen LogP contribution is -2.41. The van der Waals surface area contributed by atoms with E-state index >= 15 is 0 Å². The molecule has 11 nitrogen and oxygen atoms in total. The van der Waals surface area contributed by atoms with Crippen molar-refractivity contribution in [1.82, 2.24) is 9.47 Å². The van der Waals surface area contributed by atoms with Crippen LogP contribution in [0, 0.1) is 6.92 Å². The first-order chi connectivity index (χ1) is 22.5. The topological polar surface area (TPSA) is 125 Å². The van der Waals surface area contributed by atoms with Crippen molar-refractivity contribution < 1.29 is 19.1 Å². The summed E-state index contributed by atoms with van der Waals surface area (Å²) in [5, 5.41) is 8.89. The number of hydrogen-bond donors (Lipinski definition) is 3. The number of aryl methyl sites for hydroxylation is 1. The number of rotatable bonds is 9. The molecular formula is C35H37ClN6O5. The smallest absolute Gasteiger partial charge is 0.274 e. The highest BCUT2D eigenvalue weighted by atomic mass is 35.5. The molecule has 2 heterocycles. The van der Waals surface area contributed by atoms with Crippen molar-refractivity contribution in [3.63, 3.8) is 0 Å². The fraction of sp³-hybridized carbons (Fsp3) is 0.257. The summed E-state index contributed by atoms with van der Waals surface area (Å²) in [6.45, 7) is 3.67. The number of nitrogens with one attached hydrogen (secondary N) is 3. The molecule has 1 saturated heterocycles. The maximum absolute atomic E-state index is 13.3. The minimum Gasteiger partial charge on any atom is -0.378 e. The van der Waals surface area contributed by atoms with Gasteiger partial charge in [0.15, 0.2) is 0 Å². The maximum Gasteiger partial charge on any atom is 0.274 e. The third kappa shape index (κ3) is 7.65. The first-order valence-electron chi connectivity index (χ1n) is 15.1. The molecule has 0 unspecified atom stereocenters. The van der Waals surface area contributed by atoms with Gasteiger partial charge in [0.2, 0.25) is 5.91 Å². The maximum atomic E-state index is 13.3. The highest BCUT2D eigenvalue weighted by molar-refractivity contribution is 6.29. The highest BCUT2D eigenvalue weighted by Gasteiger charge is 2.22. The third-order valence-corrected chi connectivity index (χ3v) is 8.19. The minimum atomic E-state index is -0.467. The van der Waals surface area contributed by atoms with Crippen molar-refractivity contribution in [3.8, 4) is 11.1 Å². The molecule has 47 heavy (non-hydrogen) atoms. The van der Waals surface area contributed by atoms with E-state index in [1.165, 1.54) is 4.57 Å². The van der Waals surface area contributed by atoms with Crippen LogP contribution in [0.2, 0.25) is 0 Å². The zero-order chi connectivity index (χ0) is 33.7. The summed E-state index contributed by atoms with van der Waals surface area (Å²) in [7, 11) is 5.54. The number of alkyl halides is 1. The van der Waals surface area contributed by atoms with E-state index in [1.807, 2.05) is 56.3 Å². The lowest BCUT2D eigenvalue weighted by Gasteiger charge is -2.27. The molecule has 12 heteroatoms. The molecule has 1 aromatic heterocycles. The Hall–Kier alpha value is -5.13. The van der Waals surface area contributed by atoms with E-state index in [0.29, 0.717) is 48.8 Å². The Morgan fingerprint density at radius 3 is 2.32 bits per heavy atom. The van der Waals surface area contributed by atoms with Crippen LogP contribution in [-0.2, 0) is 16.6 Å². The largest absolute Gasteiger partial charge is 0.378 e. The number of nitrogens with zero attached hydrogens (tertiary/aromatic N) is 3. The Bertz CT molecular complexity index is 1870. The fourth-order valence-electron chi connectivity index (χ4n) is 5.33. The molecule has 0 radical (unpaired) electrons. The molecule has 1 aliphatic heterocycles. The van der Waals surface area contributed by atoms with E-state index in [4.69, 9.17) is 16.3 Å². The number of carbonyl (C=O) groups is 3. The predicted molar refractivity (Wildman–Crippen MR) is 186 cm³/mol. The van der Waals surface area contributed by atoms with Crippen molar-refractivity contribution >= 4 is 57.8 Å². The van der Waals surface area contributed by atoms with Crippen LogP contribution < -0.4 is 26.4 Å². The van der Waals surface area contributed by atoms with Crippen LogP contribution in [0.15, 0.2) is 77.7 Å². The van der Waals surface area contributed by atoms with Crippen LogP contribution in [-0.4, -0.2) is 73.5 Å². The van der Waals surface area contributed by atoms with Crippen LogP contribution in [0.3, 0.4) is 0 Å². The molecule has 1 fully saturated rings. The molecular weight excluding hydrogens is 620 g/mol. The van der Waals surface area contributed by atoms with Gasteiger partial charge in [-0.15, -0.1) is 11.6 Å². The van der Waals surface area contributed by atoms with Crippen molar-refractivity contribution in [2.75, 3.05) is 67.1 Å². The summed E-state index contributed by atoms with van der Waals surface area (Å²) >= 11 is 5.76. The lowest BCUT2D eigenvalue weighted by atomic mass is 9.99. The second-order valence-electron chi connectivity index (χ2n) is 11.4. The molecule has 0 atom stereocenters. The molecule has 3 aromatic carbocycles. The molecule has 1 aliphatic rings. The summed E-state index contributed by atoms with van der Waals surface area (Å²) in [5.41, 5.74) is 5.64. The van der Waals surface area contributed by atoms with Gasteiger partial charge >= 0.3 is 0 Å². The number of hydrogen-bond acceptors (Lipinski definition) is 7. The quantitative estimate of drug-likeness (QED) is 0.215. The van der Waals surface area contributed by atoms with Crippen LogP contribution in [0.5, 0.6) is 0 Å². The van der Waals surface area contributed by atoms with Crippen LogP contribution in [0.1, 0.15) is 26.3 Å².